The normalized spacial score (nSPS) is 10.7. The highest BCUT2D eigenvalue weighted by Gasteiger charge is 2.08. The molecule has 0 saturated carbocycles. The van der Waals surface area contributed by atoms with Gasteiger partial charge in [-0.15, -0.1) is 24.0 Å². The predicted molar refractivity (Wildman–Crippen MR) is 104 cm³/mol. The second-order valence-electron chi connectivity index (χ2n) is 4.68. The topological polar surface area (TPSA) is 130 Å². The van der Waals surface area contributed by atoms with Gasteiger partial charge in [-0.1, -0.05) is 0 Å². The number of rotatable bonds is 7. The second kappa shape index (κ2) is 9.66. The molecule has 0 unspecified atom stereocenters. The molecule has 1 aromatic carbocycles. The first-order valence-electron chi connectivity index (χ1n) is 6.99. The smallest absolute Gasteiger partial charge is 0.306 e. The van der Waals surface area contributed by atoms with E-state index in [2.05, 4.69) is 15.4 Å². The minimum Gasteiger partial charge on any atom is -0.493 e. The first-order valence-corrected chi connectivity index (χ1v) is 6.99. The van der Waals surface area contributed by atoms with E-state index in [-0.39, 0.29) is 35.6 Å². The molecule has 0 spiro atoms. The van der Waals surface area contributed by atoms with Crippen LogP contribution in [-0.4, -0.2) is 41.4 Å². The fourth-order valence-corrected chi connectivity index (χ4v) is 1.94. The molecule has 2 aromatic rings. The third kappa shape index (κ3) is 5.77. The number of halogens is 1. The Balaban J connectivity index is 0.00000312. The van der Waals surface area contributed by atoms with Crippen LogP contribution >= 0.6 is 24.0 Å². The largest absolute Gasteiger partial charge is 0.493 e. The summed E-state index contributed by atoms with van der Waals surface area (Å²) in [6.07, 6.45) is 2.53. The van der Waals surface area contributed by atoms with Gasteiger partial charge in [0.1, 0.15) is 12.4 Å². The number of nitrogens with zero attached hydrogens (tertiary/aromatic N) is 4. The average molecular weight is 462 g/mol. The van der Waals surface area contributed by atoms with E-state index in [4.69, 9.17) is 15.2 Å². The van der Waals surface area contributed by atoms with Gasteiger partial charge in [-0.3, -0.25) is 19.8 Å². The van der Waals surface area contributed by atoms with Crippen LogP contribution in [0.4, 0.5) is 11.4 Å². The molecule has 136 valence electrons. The standard InChI is InChI=1S/C14H18N6O4.HI/c1-23-12-4-3-10(7-13(12)24-2)18-14(15)16-5-6-19-9-11(8-17-19)20(21)22;/h3-4,7-9H,5-6H2,1-2H3,(H3,15,16,18);1H. The van der Waals surface area contributed by atoms with E-state index in [9.17, 15) is 10.1 Å². The summed E-state index contributed by atoms with van der Waals surface area (Å²) in [5.41, 5.74) is 6.45. The van der Waals surface area contributed by atoms with E-state index in [1.807, 2.05) is 0 Å². The van der Waals surface area contributed by atoms with Crippen LogP contribution in [0.1, 0.15) is 0 Å². The number of methoxy groups -OCH3 is 2. The molecule has 25 heavy (non-hydrogen) atoms. The van der Waals surface area contributed by atoms with Crippen molar-refractivity contribution in [2.45, 2.75) is 6.54 Å². The third-order valence-corrected chi connectivity index (χ3v) is 3.10. The van der Waals surface area contributed by atoms with Crippen LogP contribution in [-0.2, 0) is 6.54 Å². The fourth-order valence-electron chi connectivity index (χ4n) is 1.94. The Morgan fingerprint density at radius 2 is 2.12 bits per heavy atom. The fraction of sp³-hybridized carbons (Fsp3) is 0.286. The summed E-state index contributed by atoms with van der Waals surface area (Å²) in [5, 5.41) is 17.4. The van der Waals surface area contributed by atoms with Crippen molar-refractivity contribution in [3.05, 3.63) is 40.7 Å². The second-order valence-corrected chi connectivity index (χ2v) is 4.68. The Labute approximate surface area is 161 Å². The lowest BCUT2D eigenvalue weighted by atomic mass is 10.3. The van der Waals surface area contributed by atoms with Gasteiger partial charge in [0.2, 0.25) is 0 Å². The zero-order chi connectivity index (χ0) is 17.5. The summed E-state index contributed by atoms with van der Waals surface area (Å²) in [4.78, 5) is 14.2. The van der Waals surface area contributed by atoms with Crippen LogP contribution < -0.4 is 20.5 Å². The molecule has 0 aliphatic carbocycles. The molecule has 2 rings (SSSR count). The Hall–Kier alpha value is -2.57. The molecule has 10 nitrogen and oxygen atoms in total. The summed E-state index contributed by atoms with van der Waals surface area (Å²) in [7, 11) is 3.10. The number of benzene rings is 1. The van der Waals surface area contributed by atoms with Crippen molar-refractivity contribution in [3.63, 3.8) is 0 Å². The first-order chi connectivity index (χ1) is 11.5. The van der Waals surface area contributed by atoms with E-state index in [1.54, 1.807) is 32.4 Å². The molecule has 0 saturated heterocycles. The monoisotopic (exact) mass is 462 g/mol. The Morgan fingerprint density at radius 3 is 2.72 bits per heavy atom. The van der Waals surface area contributed by atoms with Crippen molar-refractivity contribution < 1.29 is 14.4 Å². The van der Waals surface area contributed by atoms with Crippen molar-refractivity contribution in [1.82, 2.24) is 9.78 Å². The van der Waals surface area contributed by atoms with Crippen molar-refractivity contribution >= 4 is 41.3 Å². The molecule has 0 bridgehead atoms. The Kier molecular flexibility index (Phi) is 7.91. The van der Waals surface area contributed by atoms with E-state index in [0.717, 1.165) is 0 Å². The SMILES string of the molecule is COc1ccc(NC(N)=NCCn2cc([N+](=O)[O-])cn2)cc1OC.I. The van der Waals surface area contributed by atoms with Gasteiger partial charge in [0.05, 0.1) is 32.2 Å². The summed E-state index contributed by atoms with van der Waals surface area (Å²) in [5.74, 6) is 1.39. The number of nitro groups is 1. The molecule has 0 aliphatic rings. The number of aromatic nitrogens is 2. The highest BCUT2D eigenvalue weighted by Crippen LogP contribution is 2.29. The van der Waals surface area contributed by atoms with Crippen LogP contribution in [0, 0.1) is 10.1 Å². The van der Waals surface area contributed by atoms with Gasteiger partial charge in [0.25, 0.3) is 0 Å². The van der Waals surface area contributed by atoms with Crippen molar-refractivity contribution in [3.8, 4) is 11.5 Å². The van der Waals surface area contributed by atoms with Crippen molar-refractivity contribution in [2.24, 2.45) is 10.7 Å². The summed E-state index contributed by atoms with van der Waals surface area (Å²) in [6.45, 7) is 0.701. The average Bonchev–Trinajstić information content (AvgIpc) is 3.04. The highest BCUT2D eigenvalue weighted by atomic mass is 127. The number of anilines is 1. The molecule has 0 radical (unpaired) electrons. The number of ether oxygens (including phenoxy) is 2. The minimum absolute atomic E-state index is 0. The molecule has 11 heteroatoms. The summed E-state index contributed by atoms with van der Waals surface area (Å²) in [6, 6.07) is 5.26. The van der Waals surface area contributed by atoms with Gasteiger partial charge in [-0.25, -0.2) is 0 Å². The van der Waals surface area contributed by atoms with Gasteiger partial charge < -0.3 is 20.5 Å². The molecule has 0 atom stereocenters. The van der Waals surface area contributed by atoms with E-state index >= 15 is 0 Å². The molecule has 0 aliphatic heterocycles. The van der Waals surface area contributed by atoms with E-state index < -0.39 is 4.92 Å². The number of aliphatic imine (C=N–C) groups is 1. The third-order valence-electron chi connectivity index (χ3n) is 3.10. The van der Waals surface area contributed by atoms with E-state index in [0.29, 0.717) is 30.3 Å². The maximum Gasteiger partial charge on any atom is 0.306 e. The number of nitrogens with two attached hydrogens (primary N) is 1. The molecular formula is C14H19IN6O4. The van der Waals surface area contributed by atoms with Gasteiger partial charge in [-0.05, 0) is 12.1 Å². The lowest BCUT2D eigenvalue weighted by Crippen LogP contribution is -2.23. The number of nitrogens with one attached hydrogen (secondary N) is 1. The maximum atomic E-state index is 10.6. The summed E-state index contributed by atoms with van der Waals surface area (Å²) >= 11 is 0. The van der Waals surface area contributed by atoms with Crippen LogP contribution in [0.5, 0.6) is 11.5 Å². The zero-order valence-electron chi connectivity index (χ0n) is 13.7. The summed E-state index contributed by atoms with van der Waals surface area (Å²) < 4.78 is 11.8. The molecule has 1 heterocycles. The molecule has 1 aromatic heterocycles. The number of hydrogen-bond donors (Lipinski definition) is 2. The first kappa shape index (κ1) is 20.5. The molecule has 3 N–H and O–H groups in total. The van der Waals surface area contributed by atoms with Gasteiger partial charge in [0.15, 0.2) is 17.5 Å². The molecule has 0 fully saturated rings. The lowest BCUT2D eigenvalue weighted by molar-refractivity contribution is -0.385. The van der Waals surface area contributed by atoms with Crippen LogP contribution in [0.3, 0.4) is 0 Å². The quantitative estimate of drug-likeness (QED) is 0.211. The maximum absolute atomic E-state index is 10.6. The van der Waals surface area contributed by atoms with Gasteiger partial charge in [-0.2, -0.15) is 5.10 Å². The number of guanidine groups is 1. The van der Waals surface area contributed by atoms with Crippen molar-refractivity contribution in [2.75, 3.05) is 26.1 Å². The van der Waals surface area contributed by atoms with Crippen LogP contribution in [0.25, 0.3) is 0 Å². The number of hydrogen-bond acceptors (Lipinski definition) is 6. The van der Waals surface area contributed by atoms with Gasteiger partial charge in [0, 0.05) is 11.8 Å². The predicted octanol–water partition coefficient (Wildman–Crippen LogP) is 1.85. The van der Waals surface area contributed by atoms with Crippen molar-refractivity contribution in [1.29, 1.82) is 0 Å². The van der Waals surface area contributed by atoms with Crippen LogP contribution in [0.15, 0.2) is 35.6 Å². The van der Waals surface area contributed by atoms with Crippen LogP contribution in [0.2, 0.25) is 0 Å². The lowest BCUT2D eigenvalue weighted by Gasteiger charge is -2.10. The minimum atomic E-state index is -0.500. The highest BCUT2D eigenvalue weighted by molar-refractivity contribution is 14.0. The molecule has 0 amide bonds. The Morgan fingerprint density at radius 1 is 1.40 bits per heavy atom. The Bertz CT molecular complexity index is 749. The van der Waals surface area contributed by atoms with E-state index in [1.165, 1.54) is 17.1 Å². The molecular weight excluding hydrogens is 443 g/mol. The zero-order valence-corrected chi connectivity index (χ0v) is 16.0. The van der Waals surface area contributed by atoms with Gasteiger partial charge >= 0.3 is 5.69 Å².